The predicted molar refractivity (Wildman–Crippen MR) is 62.0 cm³/mol. The van der Waals surface area contributed by atoms with Gasteiger partial charge in [0, 0.05) is 31.5 Å². The molecule has 1 N–H and O–H groups in total. The molecule has 1 aromatic heterocycles. The van der Waals surface area contributed by atoms with Crippen molar-refractivity contribution in [3.8, 4) is 0 Å². The molecule has 2 rings (SSSR count). The highest BCUT2D eigenvalue weighted by Gasteiger charge is 2.23. The molecule has 0 amide bonds. The van der Waals surface area contributed by atoms with Gasteiger partial charge in [0.2, 0.25) is 0 Å². The quantitative estimate of drug-likeness (QED) is 0.822. The van der Waals surface area contributed by atoms with Crippen LogP contribution in [0.1, 0.15) is 25.3 Å². The first kappa shape index (κ1) is 11.5. The van der Waals surface area contributed by atoms with E-state index in [2.05, 4.69) is 21.8 Å². The first-order valence-electron chi connectivity index (χ1n) is 5.91. The van der Waals surface area contributed by atoms with E-state index in [0.29, 0.717) is 6.04 Å². The molecule has 1 aromatic rings. The summed E-state index contributed by atoms with van der Waals surface area (Å²) in [4.78, 5) is 10.5. The fourth-order valence-electron chi connectivity index (χ4n) is 2.26. The van der Waals surface area contributed by atoms with E-state index in [1.165, 1.54) is 5.56 Å². The van der Waals surface area contributed by atoms with Gasteiger partial charge in [-0.2, -0.15) is 0 Å². The van der Waals surface area contributed by atoms with E-state index in [0.717, 1.165) is 32.4 Å². The fourth-order valence-corrected chi connectivity index (χ4v) is 2.26. The van der Waals surface area contributed by atoms with Crippen LogP contribution >= 0.6 is 0 Å². The first-order valence-corrected chi connectivity index (χ1v) is 5.91. The Kier molecular flexibility index (Phi) is 3.85. The largest absolute Gasteiger partial charge is 0.393 e. The summed E-state index contributed by atoms with van der Waals surface area (Å²) in [5.74, 6) is 0. The number of aliphatic hydroxyl groups is 1. The van der Waals surface area contributed by atoms with E-state index in [1.807, 2.05) is 12.4 Å². The van der Waals surface area contributed by atoms with E-state index in [4.69, 9.17) is 0 Å². The molecule has 1 aliphatic heterocycles. The van der Waals surface area contributed by atoms with Crippen LogP contribution < -0.4 is 0 Å². The van der Waals surface area contributed by atoms with Gasteiger partial charge in [-0.25, -0.2) is 9.97 Å². The summed E-state index contributed by atoms with van der Waals surface area (Å²) in [5.41, 5.74) is 1.18. The summed E-state index contributed by atoms with van der Waals surface area (Å²) in [6.07, 6.45) is 7.98. The van der Waals surface area contributed by atoms with Crippen molar-refractivity contribution in [2.24, 2.45) is 0 Å². The molecule has 0 bridgehead atoms. The maximum Gasteiger partial charge on any atom is 0.115 e. The monoisotopic (exact) mass is 221 g/mol. The van der Waals surface area contributed by atoms with Crippen LogP contribution in [0.25, 0.3) is 0 Å². The number of piperidine rings is 1. The third-order valence-electron chi connectivity index (χ3n) is 3.29. The summed E-state index contributed by atoms with van der Waals surface area (Å²) < 4.78 is 0. The van der Waals surface area contributed by atoms with Gasteiger partial charge in [0.05, 0.1) is 6.10 Å². The molecule has 1 aliphatic rings. The van der Waals surface area contributed by atoms with Crippen molar-refractivity contribution in [1.82, 2.24) is 14.9 Å². The number of likely N-dealkylation sites (tertiary alicyclic amines) is 1. The first-order chi connectivity index (χ1) is 7.75. The number of nitrogens with zero attached hydrogens (tertiary/aromatic N) is 3. The standard InChI is InChI=1S/C12H19N3O/c1-10-6-12(16)3-5-15(10)4-2-11-7-13-9-14-8-11/h7-10,12,16H,2-6H2,1H3/t10-,12?/m1/s1. The lowest BCUT2D eigenvalue weighted by atomic mass is 10.0. The minimum Gasteiger partial charge on any atom is -0.393 e. The highest BCUT2D eigenvalue weighted by molar-refractivity contribution is 5.03. The van der Waals surface area contributed by atoms with Gasteiger partial charge in [-0.3, -0.25) is 0 Å². The lowest BCUT2D eigenvalue weighted by molar-refractivity contribution is 0.0490. The highest BCUT2D eigenvalue weighted by atomic mass is 16.3. The fraction of sp³-hybridized carbons (Fsp3) is 0.667. The van der Waals surface area contributed by atoms with Gasteiger partial charge in [0.1, 0.15) is 6.33 Å². The van der Waals surface area contributed by atoms with Crippen molar-refractivity contribution in [2.45, 2.75) is 38.3 Å². The average Bonchev–Trinajstić information content (AvgIpc) is 2.29. The van der Waals surface area contributed by atoms with Crippen molar-refractivity contribution in [3.05, 3.63) is 24.3 Å². The van der Waals surface area contributed by atoms with E-state index in [9.17, 15) is 5.11 Å². The summed E-state index contributed by atoms with van der Waals surface area (Å²) in [7, 11) is 0. The number of hydrogen-bond acceptors (Lipinski definition) is 4. The Hall–Kier alpha value is -1.00. The van der Waals surface area contributed by atoms with Gasteiger partial charge in [-0.1, -0.05) is 0 Å². The maximum absolute atomic E-state index is 9.54. The molecule has 0 saturated carbocycles. The second-order valence-electron chi connectivity index (χ2n) is 4.56. The Balaban J connectivity index is 1.82. The van der Waals surface area contributed by atoms with Gasteiger partial charge in [-0.15, -0.1) is 0 Å². The summed E-state index contributed by atoms with van der Waals surface area (Å²) in [6, 6.07) is 0.480. The molecule has 2 atom stereocenters. The molecule has 0 aliphatic carbocycles. The third kappa shape index (κ3) is 3.00. The molecule has 1 unspecified atom stereocenters. The molecule has 16 heavy (non-hydrogen) atoms. The van der Waals surface area contributed by atoms with Gasteiger partial charge in [0.25, 0.3) is 0 Å². The summed E-state index contributed by atoms with van der Waals surface area (Å²) in [6.45, 7) is 4.21. The number of hydrogen-bond donors (Lipinski definition) is 1. The van der Waals surface area contributed by atoms with Crippen LogP contribution in [0.2, 0.25) is 0 Å². The van der Waals surface area contributed by atoms with Crippen LogP contribution in [0.5, 0.6) is 0 Å². The Labute approximate surface area is 96.3 Å². The zero-order valence-electron chi connectivity index (χ0n) is 9.71. The molecule has 1 fully saturated rings. The lowest BCUT2D eigenvalue weighted by Gasteiger charge is -2.35. The van der Waals surface area contributed by atoms with E-state index >= 15 is 0 Å². The van der Waals surface area contributed by atoms with Crippen LogP contribution in [0, 0.1) is 0 Å². The van der Waals surface area contributed by atoms with Gasteiger partial charge >= 0.3 is 0 Å². The Morgan fingerprint density at radius 3 is 2.88 bits per heavy atom. The zero-order chi connectivity index (χ0) is 11.4. The maximum atomic E-state index is 9.54. The van der Waals surface area contributed by atoms with Crippen LogP contribution in [0.15, 0.2) is 18.7 Å². The van der Waals surface area contributed by atoms with E-state index in [-0.39, 0.29) is 6.10 Å². The number of aromatic nitrogens is 2. The van der Waals surface area contributed by atoms with Crippen LogP contribution in [0.4, 0.5) is 0 Å². The molecule has 1 saturated heterocycles. The normalized spacial score (nSPS) is 26.9. The smallest absolute Gasteiger partial charge is 0.115 e. The van der Waals surface area contributed by atoms with Crippen molar-refractivity contribution < 1.29 is 5.11 Å². The minimum atomic E-state index is -0.105. The lowest BCUT2D eigenvalue weighted by Crippen LogP contribution is -2.43. The molecule has 0 aromatic carbocycles. The highest BCUT2D eigenvalue weighted by Crippen LogP contribution is 2.17. The molecule has 0 spiro atoms. The predicted octanol–water partition coefficient (Wildman–Crippen LogP) is 0.864. The van der Waals surface area contributed by atoms with Crippen LogP contribution in [-0.4, -0.2) is 45.2 Å². The zero-order valence-corrected chi connectivity index (χ0v) is 9.71. The molecular weight excluding hydrogens is 202 g/mol. The van der Waals surface area contributed by atoms with Gasteiger partial charge in [0.15, 0.2) is 0 Å². The molecule has 0 radical (unpaired) electrons. The Bertz CT molecular complexity index is 317. The Morgan fingerprint density at radius 2 is 2.19 bits per heavy atom. The summed E-state index contributed by atoms with van der Waals surface area (Å²) >= 11 is 0. The topological polar surface area (TPSA) is 49.2 Å². The van der Waals surface area contributed by atoms with Crippen molar-refractivity contribution >= 4 is 0 Å². The molecule has 2 heterocycles. The molecule has 88 valence electrons. The molecule has 4 heteroatoms. The number of aliphatic hydroxyl groups excluding tert-OH is 1. The van der Waals surface area contributed by atoms with Crippen molar-refractivity contribution in [1.29, 1.82) is 0 Å². The van der Waals surface area contributed by atoms with Crippen molar-refractivity contribution in [3.63, 3.8) is 0 Å². The second kappa shape index (κ2) is 5.37. The average molecular weight is 221 g/mol. The third-order valence-corrected chi connectivity index (χ3v) is 3.29. The van der Waals surface area contributed by atoms with Crippen LogP contribution in [0.3, 0.4) is 0 Å². The molecular formula is C12H19N3O. The van der Waals surface area contributed by atoms with E-state index < -0.39 is 0 Å². The van der Waals surface area contributed by atoms with Crippen molar-refractivity contribution in [2.75, 3.05) is 13.1 Å². The summed E-state index contributed by atoms with van der Waals surface area (Å²) in [5, 5.41) is 9.54. The van der Waals surface area contributed by atoms with Gasteiger partial charge in [-0.05, 0) is 31.7 Å². The van der Waals surface area contributed by atoms with Gasteiger partial charge < -0.3 is 10.0 Å². The van der Waals surface area contributed by atoms with E-state index in [1.54, 1.807) is 6.33 Å². The SMILES string of the molecule is C[C@@H]1CC(O)CCN1CCc1cncnc1. The second-order valence-corrected chi connectivity index (χ2v) is 4.56. The Morgan fingerprint density at radius 1 is 1.44 bits per heavy atom. The van der Waals surface area contributed by atoms with Crippen LogP contribution in [-0.2, 0) is 6.42 Å². The minimum absolute atomic E-state index is 0.105. The number of rotatable bonds is 3. The molecule has 4 nitrogen and oxygen atoms in total.